The lowest BCUT2D eigenvalue weighted by molar-refractivity contribution is 0.796. The van der Waals surface area contributed by atoms with Crippen LogP contribution in [0.25, 0.3) is 66.1 Å². The average Bonchev–Trinajstić information content (AvgIpc) is 3.57. The number of nitrogens with two attached hydrogens (primary N) is 2. The summed E-state index contributed by atoms with van der Waals surface area (Å²) in [5.41, 5.74) is 29.5. The molecule has 8 aromatic carbocycles. The maximum Gasteiger partial charge on any atom is 0.0733 e. The molecule has 0 unspecified atom stereocenters. The molecular formula is C45H30N2. The summed E-state index contributed by atoms with van der Waals surface area (Å²) in [6.45, 7) is 0. The molecule has 0 aromatic heterocycles. The minimum atomic E-state index is -0.592. The van der Waals surface area contributed by atoms with Crippen LogP contribution in [0, 0.1) is 0 Å². The van der Waals surface area contributed by atoms with Crippen molar-refractivity contribution in [2.24, 2.45) is 0 Å². The van der Waals surface area contributed by atoms with E-state index in [9.17, 15) is 0 Å². The maximum absolute atomic E-state index is 7.63. The summed E-state index contributed by atoms with van der Waals surface area (Å²) < 4.78 is 0. The van der Waals surface area contributed by atoms with Crippen LogP contribution in [0.3, 0.4) is 0 Å². The molecule has 0 fully saturated rings. The minimum Gasteiger partial charge on any atom is -0.399 e. The topological polar surface area (TPSA) is 52.0 Å². The van der Waals surface area contributed by atoms with Crippen molar-refractivity contribution in [2.75, 3.05) is 11.5 Å². The molecule has 2 heteroatoms. The molecule has 0 saturated heterocycles. The predicted octanol–water partition coefficient (Wildman–Crippen LogP) is 10.8. The van der Waals surface area contributed by atoms with E-state index in [1.54, 1.807) is 0 Å². The van der Waals surface area contributed by atoms with Gasteiger partial charge in [-0.3, -0.25) is 0 Å². The molecule has 0 aliphatic heterocycles. The Balaban J connectivity index is 1.45. The number of fused-ring (bicyclic) bond motifs is 12. The molecule has 8 aromatic rings. The molecule has 2 nitrogen and oxygen atoms in total. The number of hydrogen-bond donors (Lipinski definition) is 2. The predicted molar refractivity (Wildman–Crippen MR) is 197 cm³/mol. The first-order chi connectivity index (χ1) is 23.2. The minimum absolute atomic E-state index is 0.592. The van der Waals surface area contributed by atoms with E-state index in [-0.39, 0.29) is 0 Å². The molecule has 10 rings (SSSR count). The van der Waals surface area contributed by atoms with Gasteiger partial charge in [0.15, 0.2) is 0 Å². The van der Waals surface area contributed by atoms with Gasteiger partial charge in [0.05, 0.1) is 5.41 Å². The van der Waals surface area contributed by atoms with Gasteiger partial charge in [0, 0.05) is 22.5 Å². The Labute approximate surface area is 273 Å². The van der Waals surface area contributed by atoms with E-state index >= 15 is 0 Å². The summed E-state index contributed by atoms with van der Waals surface area (Å²) in [5, 5.41) is 4.76. The van der Waals surface area contributed by atoms with Crippen LogP contribution in [-0.4, -0.2) is 0 Å². The zero-order valence-corrected chi connectivity index (χ0v) is 25.7. The molecule has 0 radical (unpaired) electrons. The van der Waals surface area contributed by atoms with E-state index in [1.807, 2.05) is 6.07 Å². The fourth-order valence-electron chi connectivity index (χ4n) is 8.74. The second kappa shape index (κ2) is 9.45. The molecule has 2 aliphatic rings. The van der Waals surface area contributed by atoms with Gasteiger partial charge < -0.3 is 11.5 Å². The molecule has 4 N–H and O–H groups in total. The van der Waals surface area contributed by atoms with Crippen molar-refractivity contribution in [3.05, 3.63) is 180 Å². The van der Waals surface area contributed by atoms with Crippen molar-refractivity contribution >= 4 is 32.9 Å². The van der Waals surface area contributed by atoms with Gasteiger partial charge in [-0.15, -0.1) is 0 Å². The number of benzene rings is 8. The van der Waals surface area contributed by atoms with Crippen molar-refractivity contribution in [3.63, 3.8) is 0 Å². The van der Waals surface area contributed by atoms with Crippen molar-refractivity contribution in [2.45, 2.75) is 5.41 Å². The van der Waals surface area contributed by atoms with E-state index in [0.29, 0.717) is 0 Å². The van der Waals surface area contributed by atoms with Gasteiger partial charge in [-0.25, -0.2) is 0 Å². The number of rotatable bonds is 2. The number of anilines is 2. The van der Waals surface area contributed by atoms with Gasteiger partial charge in [-0.05, 0) is 95.4 Å². The van der Waals surface area contributed by atoms with Gasteiger partial charge in [0.25, 0.3) is 0 Å². The average molecular weight is 599 g/mol. The van der Waals surface area contributed by atoms with Crippen LogP contribution in [0.1, 0.15) is 22.3 Å². The Morgan fingerprint density at radius 1 is 0.362 bits per heavy atom. The van der Waals surface area contributed by atoms with E-state index < -0.39 is 5.41 Å². The standard InChI is InChI=1S/C45H30N2/c46-29-23-24-35-37-26-38(32-19-9-13-27-11-1-3-15-30(27)32)44(47)42(36-20-10-14-28-12-2-4-16-31(28)36)43(37)45(41(35)25-29)39-21-7-5-17-33(39)34-18-6-8-22-40(34)45/h1-26H,46-47H2. The van der Waals surface area contributed by atoms with E-state index in [4.69, 9.17) is 11.5 Å². The molecule has 220 valence electrons. The van der Waals surface area contributed by atoms with Crippen molar-refractivity contribution in [3.8, 4) is 44.5 Å². The Hall–Kier alpha value is -6.12. The first-order valence-electron chi connectivity index (χ1n) is 16.2. The van der Waals surface area contributed by atoms with Crippen LogP contribution < -0.4 is 11.5 Å². The molecule has 1 spiro atoms. The SMILES string of the molecule is Nc1ccc2c(c1)C1(c3ccccc3-c3ccccc31)c1c-2cc(-c2cccc3ccccc23)c(N)c1-c1cccc2ccccc12. The quantitative estimate of drug-likeness (QED) is 0.195. The van der Waals surface area contributed by atoms with Gasteiger partial charge in [-0.2, -0.15) is 0 Å². The van der Waals surface area contributed by atoms with Crippen LogP contribution in [0.4, 0.5) is 11.4 Å². The van der Waals surface area contributed by atoms with Crippen LogP contribution in [0.15, 0.2) is 158 Å². The normalized spacial score (nSPS) is 13.4. The highest BCUT2D eigenvalue weighted by Gasteiger charge is 2.53. The fraction of sp³-hybridized carbons (Fsp3) is 0.0222. The zero-order valence-electron chi connectivity index (χ0n) is 25.7. The van der Waals surface area contributed by atoms with Gasteiger partial charge in [0.1, 0.15) is 0 Å². The van der Waals surface area contributed by atoms with E-state index in [2.05, 4.69) is 152 Å². The maximum atomic E-state index is 7.63. The summed E-state index contributed by atoms with van der Waals surface area (Å²) in [4.78, 5) is 0. The first-order valence-corrected chi connectivity index (χ1v) is 16.2. The van der Waals surface area contributed by atoms with Crippen LogP contribution in [0.2, 0.25) is 0 Å². The molecule has 0 bridgehead atoms. The van der Waals surface area contributed by atoms with Gasteiger partial charge in [0.2, 0.25) is 0 Å². The van der Waals surface area contributed by atoms with Crippen LogP contribution >= 0.6 is 0 Å². The van der Waals surface area contributed by atoms with Crippen molar-refractivity contribution in [1.82, 2.24) is 0 Å². The summed E-state index contributed by atoms with van der Waals surface area (Å²) in [6, 6.07) is 56.9. The summed E-state index contributed by atoms with van der Waals surface area (Å²) in [6.07, 6.45) is 0. The molecule has 2 aliphatic carbocycles. The van der Waals surface area contributed by atoms with Gasteiger partial charge in [-0.1, -0.05) is 140 Å². The van der Waals surface area contributed by atoms with Crippen LogP contribution in [0.5, 0.6) is 0 Å². The second-order valence-corrected chi connectivity index (χ2v) is 12.8. The monoisotopic (exact) mass is 598 g/mol. The first kappa shape index (κ1) is 26.1. The summed E-state index contributed by atoms with van der Waals surface area (Å²) >= 11 is 0. The highest BCUT2D eigenvalue weighted by Crippen LogP contribution is 2.66. The van der Waals surface area contributed by atoms with Crippen molar-refractivity contribution in [1.29, 1.82) is 0 Å². The third kappa shape index (κ3) is 3.34. The largest absolute Gasteiger partial charge is 0.399 e. The van der Waals surface area contributed by atoms with E-state index in [0.717, 1.165) is 33.6 Å². The number of nitrogen functional groups attached to an aromatic ring is 2. The molecule has 0 amide bonds. The zero-order chi connectivity index (χ0) is 31.3. The Kier molecular flexibility index (Phi) is 5.25. The Morgan fingerprint density at radius 3 is 1.55 bits per heavy atom. The molecular weight excluding hydrogens is 569 g/mol. The third-order valence-corrected chi connectivity index (χ3v) is 10.6. The summed E-state index contributed by atoms with van der Waals surface area (Å²) in [7, 11) is 0. The Morgan fingerprint density at radius 2 is 0.872 bits per heavy atom. The van der Waals surface area contributed by atoms with Gasteiger partial charge >= 0.3 is 0 Å². The Bertz CT molecular complexity index is 2550. The molecule has 0 atom stereocenters. The number of hydrogen-bond acceptors (Lipinski definition) is 2. The molecule has 0 saturated carbocycles. The lowest BCUT2D eigenvalue weighted by Gasteiger charge is -2.33. The molecule has 0 heterocycles. The lowest BCUT2D eigenvalue weighted by atomic mass is 9.68. The van der Waals surface area contributed by atoms with E-state index in [1.165, 1.54) is 66.1 Å². The smallest absolute Gasteiger partial charge is 0.0733 e. The van der Waals surface area contributed by atoms with Crippen molar-refractivity contribution < 1.29 is 0 Å². The van der Waals surface area contributed by atoms with Crippen LogP contribution in [-0.2, 0) is 5.41 Å². The second-order valence-electron chi connectivity index (χ2n) is 12.8. The molecule has 47 heavy (non-hydrogen) atoms. The summed E-state index contributed by atoms with van der Waals surface area (Å²) in [5.74, 6) is 0. The highest BCUT2D eigenvalue weighted by molar-refractivity contribution is 6.11. The highest BCUT2D eigenvalue weighted by atomic mass is 14.6. The third-order valence-electron chi connectivity index (χ3n) is 10.6. The fourth-order valence-corrected chi connectivity index (χ4v) is 8.74. The lowest BCUT2D eigenvalue weighted by Crippen LogP contribution is -2.27.